The lowest BCUT2D eigenvalue weighted by Crippen LogP contribution is -2.35. The number of alkyl carbamates (subject to hydrolysis) is 1. The third-order valence-electron chi connectivity index (χ3n) is 3.17. The second-order valence-corrected chi connectivity index (χ2v) is 6.39. The number of hydrogen-bond donors (Lipinski definition) is 2. The number of nitrogens with zero attached hydrogens (tertiary/aromatic N) is 1. The first-order valence-electron chi connectivity index (χ1n) is 7.58. The molecule has 0 bridgehead atoms. The maximum absolute atomic E-state index is 12.1. The molecule has 0 aliphatic rings. The zero-order valence-electron chi connectivity index (χ0n) is 13.7. The molecular weight excluding hydrogens is 290 g/mol. The number of carbonyl (C=O) groups excluding carboxylic acids is 1. The van der Waals surface area contributed by atoms with Gasteiger partial charge in [-0.15, -0.1) is 0 Å². The van der Waals surface area contributed by atoms with Gasteiger partial charge in [0.15, 0.2) is 0 Å². The van der Waals surface area contributed by atoms with Crippen LogP contribution in [0.15, 0.2) is 48.7 Å². The summed E-state index contributed by atoms with van der Waals surface area (Å²) < 4.78 is 5.36. The van der Waals surface area contributed by atoms with Gasteiger partial charge < -0.3 is 15.8 Å². The molecule has 2 aromatic rings. The minimum absolute atomic E-state index is 0.236. The van der Waals surface area contributed by atoms with E-state index in [4.69, 9.17) is 10.5 Å². The van der Waals surface area contributed by atoms with Crippen LogP contribution in [-0.2, 0) is 11.2 Å². The average molecular weight is 313 g/mol. The van der Waals surface area contributed by atoms with Gasteiger partial charge in [-0.05, 0) is 50.6 Å². The summed E-state index contributed by atoms with van der Waals surface area (Å²) in [6.45, 7) is 5.51. The SMILES string of the molecule is CC(C)(C)OC(=O)NC(Cc1ccccn1)c1ccc(N)cc1. The standard InChI is InChI=1S/C18H23N3O2/c1-18(2,3)23-17(22)21-16(12-15-6-4-5-11-20-15)13-7-9-14(19)10-8-13/h4-11,16H,12,19H2,1-3H3,(H,21,22). The van der Waals surface area contributed by atoms with E-state index in [1.165, 1.54) is 0 Å². The Balaban J connectivity index is 2.17. The minimum Gasteiger partial charge on any atom is -0.444 e. The van der Waals surface area contributed by atoms with Crippen LogP contribution >= 0.6 is 0 Å². The Kier molecular flexibility index (Phi) is 5.21. The van der Waals surface area contributed by atoms with Gasteiger partial charge in [0.2, 0.25) is 0 Å². The minimum atomic E-state index is -0.541. The van der Waals surface area contributed by atoms with E-state index < -0.39 is 11.7 Å². The molecule has 0 spiro atoms. The van der Waals surface area contributed by atoms with E-state index in [0.717, 1.165) is 11.3 Å². The van der Waals surface area contributed by atoms with Gasteiger partial charge in [0, 0.05) is 24.0 Å². The van der Waals surface area contributed by atoms with Crippen LogP contribution in [0.2, 0.25) is 0 Å². The van der Waals surface area contributed by atoms with Crippen LogP contribution < -0.4 is 11.1 Å². The van der Waals surface area contributed by atoms with Crippen LogP contribution in [-0.4, -0.2) is 16.7 Å². The molecule has 0 fully saturated rings. The highest BCUT2D eigenvalue weighted by Gasteiger charge is 2.21. The van der Waals surface area contributed by atoms with Gasteiger partial charge in [-0.3, -0.25) is 4.98 Å². The van der Waals surface area contributed by atoms with Gasteiger partial charge >= 0.3 is 6.09 Å². The summed E-state index contributed by atoms with van der Waals surface area (Å²) in [6, 6.07) is 12.9. The van der Waals surface area contributed by atoms with Gasteiger partial charge in [-0.25, -0.2) is 4.79 Å². The molecular formula is C18H23N3O2. The number of nitrogen functional groups attached to an aromatic ring is 1. The average Bonchev–Trinajstić information content (AvgIpc) is 2.46. The number of rotatable bonds is 4. The molecule has 2 rings (SSSR count). The van der Waals surface area contributed by atoms with Crippen molar-refractivity contribution in [1.82, 2.24) is 10.3 Å². The monoisotopic (exact) mass is 313 g/mol. The Morgan fingerprint density at radius 1 is 1.22 bits per heavy atom. The number of benzene rings is 1. The normalized spacial score (nSPS) is 12.5. The van der Waals surface area contributed by atoms with Crippen molar-refractivity contribution < 1.29 is 9.53 Å². The van der Waals surface area contributed by atoms with Crippen LogP contribution in [0.5, 0.6) is 0 Å². The van der Waals surface area contributed by atoms with Gasteiger partial charge in [0.1, 0.15) is 5.60 Å². The smallest absolute Gasteiger partial charge is 0.408 e. The predicted molar refractivity (Wildman–Crippen MR) is 90.9 cm³/mol. The summed E-state index contributed by atoms with van der Waals surface area (Å²) in [5, 5.41) is 2.92. The van der Waals surface area contributed by atoms with Crippen LogP contribution in [0, 0.1) is 0 Å². The van der Waals surface area contributed by atoms with Gasteiger partial charge in [0.05, 0.1) is 6.04 Å². The fourth-order valence-electron chi connectivity index (χ4n) is 2.16. The lowest BCUT2D eigenvalue weighted by molar-refractivity contribution is 0.0503. The third kappa shape index (κ3) is 5.62. The number of nitrogens with two attached hydrogens (primary N) is 1. The maximum atomic E-state index is 12.1. The maximum Gasteiger partial charge on any atom is 0.408 e. The van der Waals surface area contributed by atoms with Crippen molar-refractivity contribution in [3.05, 3.63) is 59.9 Å². The molecule has 0 aliphatic carbocycles. The Morgan fingerprint density at radius 2 is 1.91 bits per heavy atom. The number of pyridine rings is 1. The second kappa shape index (κ2) is 7.13. The highest BCUT2D eigenvalue weighted by atomic mass is 16.6. The number of hydrogen-bond acceptors (Lipinski definition) is 4. The molecule has 1 unspecified atom stereocenters. The van der Waals surface area contributed by atoms with Crippen molar-refractivity contribution in [3.8, 4) is 0 Å². The van der Waals surface area contributed by atoms with E-state index in [-0.39, 0.29) is 6.04 Å². The lowest BCUT2D eigenvalue weighted by Gasteiger charge is -2.24. The molecule has 1 heterocycles. The number of amides is 1. The van der Waals surface area contributed by atoms with E-state index in [1.807, 2.05) is 63.2 Å². The fraction of sp³-hybridized carbons (Fsp3) is 0.333. The molecule has 3 N–H and O–H groups in total. The van der Waals surface area contributed by atoms with Crippen molar-refractivity contribution >= 4 is 11.8 Å². The highest BCUT2D eigenvalue weighted by molar-refractivity contribution is 5.68. The first-order valence-corrected chi connectivity index (χ1v) is 7.58. The van der Waals surface area contributed by atoms with Crippen molar-refractivity contribution in [3.63, 3.8) is 0 Å². The molecule has 0 saturated heterocycles. The molecule has 122 valence electrons. The molecule has 5 nitrogen and oxygen atoms in total. The van der Waals surface area contributed by atoms with Crippen molar-refractivity contribution in [2.45, 2.75) is 38.8 Å². The van der Waals surface area contributed by atoms with Crippen molar-refractivity contribution in [2.24, 2.45) is 0 Å². The number of anilines is 1. The number of aromatic nitrogens is 1. The fourth-order valence-corrected chi connectivity index (χ4v) is 2.16. The number of carbonyl (C=O) groups is 1. The van der Waals surface area contributed by atoms with Crippen LogP contribution in [0.4, 0.5) is 10.5 Å². The van der Waals surface area contributed by atoms with E-state index in [9.17, 15) is 4.79 Å². The van der Waals surface area contributed by atoms with E-state index in [1.54, 1.807) is 6.20 Å². The topological polar surface area (TPSA) is 77.2 Å². The summed E-state index contributed by atoms with van der Waals surface area (Å²) in [4.78, 5) is 16.4. The summed E-state index contributed by atoms with van der Waals surface area (Å²) >= 11 is 0. The molecule has 0 radical (unpaired) electrons. The molecule has 1 aromatic carbocycles. The summed E-state index contributed by atoms with van der Waals surface area (Å²) in [7, 11) is 0. The van der Waals surface area contributed by atoms with Gasteiger partial charge in [-0.2, -0.15) is 0 Å². The number of nitrogens with one attached hydrogen (secondary N) is 1. The van der Waals surface area contributed by atoms with E-state index >= 15 is 0 Å². The summed E-state index contributed by atoms with van der Waals surface area (Å²) in [5.41, 5.74) is 7.73. The zero-order chi connectivity index (χ0) is 16.9. The molecule has 1 atom stereocenters. The summed E-state index contributed by atoms with van der Waals surface area (Å²) in [5.74, 6) is 0. The first-order chi connectivity index (χ1) is 10.8. The second-order valence-electron chi connectivity index (χ2n) is 6.39. The Labute approximate surface area is 136 Å². The van der Waals surface area contributed by atoms with Crippen LogP contribution in [0.1, 0.15) is 38.1 Å². The van der Waals surface area contributed by atoms with Crippen molar-refractivity contribution in [1.29, 1.82) is 0 Å². The molecule has 1 aromatic heterocycles. The Bertz CT molecular complexity index is 634. The predicted octanol–water partition coefficient (Wildman–Crippen LogP) is 3.47. The molecule has 0 aliphatic heterocycles. The third-order valence-corrected chi connectivity index (χ3v) is 3.17. The molecule has 0 saturated carbocycles. The molecule has 1 amide bonds. The van der Waals surface area contributed by atoms with Crippen LogP contribution in [0.25, 0.3) is 0 Å². The van der Waals surface area contributed by atoms with Gasteiger partial charge in [-0.1, -0.05) is 18.2 Å². The largest absolute Gasteiger partial charge is 0.444 e. The lowest BCUT2D eigenvalue weighted by atomic mass is 10.0. The Hall–Kier alpha value is -2.56. The summed E-state index contributed by atoms with van der Waals surface area (Å²) in [6.07, 6.45) is 1.86. The van der Waals surface area contributed by atoms with Crippen molar-refractivity contribution in [2.75, 3.05) is 5.73 Å². The van der Waals surface area contributed by atoms with Gasteiger partial charge in [0.25, 0.3) is 0 Å². The number of ether oxygens (including phenoxy) is 1. The van der Waals surface area contributed by atoms with E-state index in [2.05, 4.69) is 10.3 Å². The quantitative estimate of drug-likeness (QED) is 0.847. The zero-order valence-corrected chi connectivity index (χ0v) is 13.7. The first kappa shape index (κ1) is 16.8. The van der Waals surface area contributed by atoms with E-state index in [0.29, 0.717) is 12.1 Å². The Morgan fingerprint density at radius 3 is 2.48 bits per heavy atom. The molecule has 23 heavy (non-hydrogen) atoms. The van der Waals surface area contributed by atoms with Crippen LogP contribution in [0.3, 0.4) is 0 Å². The molecule has 5 heteroatoms. The highest BCUT2D eigenvalue weighted by Crippen LogP contribution is 2.20.